The zero-order valence-electron chi connectivity index (χ0n) is 10.6. The number of rotatable bonds is 7. The van der Waals surface area contributed by atoms with E-state index in [9.17, 15) is 4.79 Å². The van der Waals surface area contributed by atoms with Gasteiger partial charge in [-0.3, -0.25) is 4.79 Å². The summed E-state index contributed by atoms with van der Waals surface area (Å²) in [7, 11) is 2.04. The summed E-state index contributed by atoms with van der Waals surface area (Å²) >= 11 is 0. The first kappa shape index (κ1) is 13.7. The highest BCUT2D eigenvalue weighted by Crippen LogP contribution is 2.08. The van der Waals surface area contributed by atoms with Gasteiger partial charge in [-0.05, 0) is 44.5 Å². The van der Waals surface area contributed by atoms with Crippen molar-refractivity contribution in [3.05, 3.63) is 35.4 Å². The standard InChI is InChI=1S/C14H21NO2/c1-12-6-3-4-7-13(12)9-11-15(2)10-5-8-14(16)17/h3-4,6-7H,5,8-11H2,1-2H3,(H,16,17). The number of carboxylic acids is 1. The molecule has 0 amide bonds. The van der Waals surface area contributed by atoms with Crippen molar-refractivity contribution in [1.82, 2.24) is 4.90 Å². The second kappa shape index (κ2) is 7.07. The average molecular weight is 235 g/mol. The molecule has 0 aliphatic heterocycles. The molecule has 94 valence electrons. The Balaban J connectivity index is 2.26. The van der Waals surface area contributed by atoms with Crippen molar-refractivity contribution in [2.24, 2.45) is 0 Å². The molecule has 0 atom stereocenters. The zero-order chi connectivity index (χ0) is 12.7. The van der Waals surface area contributed by atoms with E-state index in [0.29, 0.717) is 0 Å². The van der Waals surface area contributed by atoms with E-state index in [0.717, 1.165) is 25.9 Å². The molecule has 1 aromatic rings. The van der Waals surface area contributed by atoms with Crippen molar-refractivity contribution in [3.8, 4) is 0 Å². The number of likely N-dealkylation sites (N-methyl/N-ethyl adjacent to an activating group) is 1. The van der Waals surface area contributed by atoms with Crippen LogP contribution in [-0.4, -0.2) is 36.1 Å². The van der Waals surface area contributed by atoms with Crippen molar-refractivity contribution < 1.29 is 9.90 Å². The van der Waals surface area contributed by atoms with Gasteiger partial charge in [0.2, 0.25) is 0 Å². The third-order valence-corrected chi connectivity index (χ3v) is 2.95. The lowest BCUT2D eigenvalue weighted by molar-refractivity contribution is -0.137. The van der Waals surface area contributed by atoms with Gasteiger partial charge >= 0.3 is 5.97 Å². The molecule has 17 heavy (non-hydrogen) atoms. The second-order valence-corrected chi connectivity index (χ2v) is 4.48. The van der Waals surface area contributed by atoms with Crippen molar-refractivity contribution in [2.45, 2.75) is 26.2 Å². The van der Waals surface area contributed by atoms with Gasteiger partial charge in [-0.15, -0.1) is 0 Å². The fourth-order valence-electron chi connectivity index (χ4n) is 1.81. The molecule has 0 radical (unpaired) electrons. The fraction of sp³-hybridized carbons (Fsp3) is 0.500. The third-order valence-electron chi connectivity index (χ3n) is 2.95. The van der Waals surface area contributed by atoms with E-state index in [1.165, 1.54) is 11.1 Å². The average Bonchev–Trinajstić information content (AvgIpc) is 2.27. The Morgan fingerprint density at radius 2 is 2.00 bits per heavy atom. The maximum absolute atomic E-state index is 10.4. The van der Waals surface area contributed by atoms with Crippen LogP contribution < -0.4 is 0 Å². The Morgan fingerprint density at radius 1 is 1.29 bits per heavy atom. The van der Waals surface area contributed by atoms with E-state index in [-0.39, 0.29) is 6.42 Å². The van der Waals surface area contributed by atoms with Gasteiger partial charge in [-0.1, -0.05) is 24.3 Å². The number of benzene rings is 1. The minimum atomic E-state index is -0.711. The minimum Gasteiger partial charge on any atom is -0.481 e. The molecule has 1 N–H and O–H groups in total. The van der Waals surface area contributed by atoms with Crippen molar-refractivity contribution >= 4 is 5.97 Å². The largest absolute Gasteiger partial charge is 0.481 e. The predicted octanol–water partition coefficient (Wildman–Crippen LogP) is 2.33. The summed E-state index contributed by atoms with van der Waals surface area (Å²) in [4.78, 5) is 12.6. The molecule has 0 aromatic heterocycles. The van der Waals surface area contributed by atoms with Crippen molar-refractivity contribution in [2.75, 3.05) is 20.1 Å². The summed E-state index contributed by atoms with van der Waals surface area (Å²) in [5, 5.41) is 8.55. The molecule has 1 rings (SSSR count). The highest BCUT2D eigenvalue weighted by atomic mass is 16.4. The molecule has 0 aliphatic carbocycles. The highest BCUT2D eigenvalue weighted by Gasteiger charge is 2.03. The molecular weight excluding hydrogens is 214 g/mol. The maximum Gasteiger partial charge on any atom is 0.303 e. The van der Waals surface area contributed by atoms with Crippen LogP contribution in [-0.2, 0) is 11.2 Å². The van der Waals surface area contributed by atoms with Gasteiger partial charge in [-0.2, -0.15) is 0 Å². The molecule has 0 saturated carbocycles. The first-order valence-corrected chi connectivity index (χ1v) is 6.04. The quantitative estimate of drug-likeness (QED) is 0.788. The Morgan fingerprint density at radius 3 is 2.65 bits per heavy atom. The molecule has 0 unspecified atom stereocenters. The van der Waals surface area contributed by atoms with Crippen LogP contribution in [0.2, 0.25) is 0 Å². The van der Waals surface area contributed by atoms with E-state index in [2.05, 4.69) is 36.1 Å². The number of carbonyl (C=O) groups is 1. The summed E-state index contributed by atoms with van der Waals surface area (Å²) in [6, 6.07) is 8.39. The van der Waals surface area contributed by atoms with Gasteiger partial charge in [-0.25, -0.2) is 0 Å². The smallest absolute Gasteiger partial charge is 0.303 e. The van der Waals surface area contributed by atoms with Gasteiger partial charge in [0.05, 0.1) is 0 Å². The molecular formula is C14H21NO2. The molecule has 0 fully saturated rings. The zero-order valence-corrected chi connectivity index (χ0v) is 10.6. The van der Waals surface area contributed by atoms with E-state index in [1.807, 2.05) is 7.05 Å². The number of aryl methyl sites for hydroxylation is 1. The summed E-state index contributed by atoms with van der Waals surface area (Å²) in [5.41, 5.74) is 2.70. The third kappa shape index (κ3) is 5.50. The van der Waals surface area contributed by atoms with Crippen LogP contribution in [0.25, 0.3) is 0 Å². The predicted molar refractivity (Wildman–Crippen MR) is 69.2 cm³/mol. The lowest BCUT2D eigenvalue weighted by atomic mass is 10.1. The number of carboxylic acid groups (broad SMARTS) is 1. The normalized spacial score (nSPS) is 10.8. The summed E-state index contributed by atoms with van der Waals surface area (Å²) < 4.78 is 0. The Labute approximate surface area is 103 Å². The van der Waals surface area contributed by atoms with E-state index in [4.69, 9.17) is 5.11 Å². The summed E-state index contributed by atoms with van der Waals surface area (Å²) in [6.07, 6.45) is 2.00. The molecule has 0 bridgehead atoms. The van der Waals surface area contributed by atoms with Crippen LogP contribution in [0.15, 0.2) is 24.3 Å². The van der Waals surface area contributed by atoms with Crippen molar-refractivity contribution in [3.63, 3.8) is 0 Å². The van der Waals surface area contributed by atoms with Gasteiger partial charge in [0.1, 0.15) is 0 Å². The maximum atomic E-state index is 10.4. The lowest BCUT2D eigenvalue weighted by Crippen LogP contribution is -2.23. The molecule has 0 heterocycles. The monoisotopic (exact) mass is 235 g/mol. The van der Waals surface area contributed by atoms with Crippen molar-refractivity contribution in [1.29, 1.82) is 0 Å². The van der Waals surface area contributed by atoms with Crippen LogP contribution in [0.3, 0.4) is 0 Å². The second-order valence-electron chi connectivity index (χ2n) is 4.48. The SMILES string of the molecule is Cc1ccccc1CCN(C)CCCC(=O)O. The molecule has 0 saturated heterocycles. The molecule has 1 aromatic carbocycles. The van der Waals surface area contributed by atoms with Crippen LogP contribution in [0, 0.1) is 6.92 Å². The fourth-order valence-corrected chi connectivity index (χ4v) is 1.81. The topological polar surface area (TPSA) is 40.5 Å². The van der Waals surface area contributed by atoms with E-state index in [1.54, 1.807) is 0 Å². The van der Waals surface area contributed by atoms with E-state index < -0.39 is 5.97 Å². The van der Waals surface area contributed by atoms with Crippen LogP contribution in [0.1, 0.15) is 24.0 Å². The van der Waals surface area contributed by atoms with Gasteiger partial charge in [0.15, 0.2) is 0 Å². The highest BCUT2D eigenvalue weighted by molar-refractivity contribution is 5.66. The van der Waals surface area contributed by atoms with Gasteiger partial charge in [0, 0.05) is 13.0 Å². The summed E-state index contributed by atoms with van der Waals surface area (Å²) in [5.74, 6) is -0.711. The number of hydrogen-bond donors (Lipinski definition) is 1. The van der Waals surface area contributed by atoms with Crippen LogP contribution in [0.5, 0.6) is 0 Å². The first-order valence-electron chi connectivity index (χ1n) is 6.04. The lowest BCUT2D eigenvalue weighted by Gasteiger charge is -2.16. The van der Waals surface area contributed by atoms with E-state index >= 15 is 0 Å². The number of hydrogen-bond acceptors (Lipinski definition) is 2. The Hall–Kier alpha value is -1.35. The number of aliphatic carboxylic acids is 1. The van der Waals surface area contributed by atoms with Crippen LogP contribution >= 0.6 is 0 Å². The minimum absolute atomic E-state index is 0.259. The molecule has 3 heteroatoms. The Kier molecular flexibility index (Phi) is 5.70. The Bertz CT molecular complexity index is 363. The van der Waals surface area contributed by atoms with Crippen LogP contribution in [0.4, 0.5) is 0 Å². The first-order chi connectivity index (χ1) is 8.09. The molecule has 0 spiro atoms. The number of nitrogens with zero attached hydrogens (tertiary/aromatic N) is 1. The molecule has 0 aliphatic rings. The van der Waals surface area contributed by atoms with Gasteiger partial charge < -0.3 is 10.0 Å². The summed E-state index contributed by atoms with van der Waals surface area (Å²) in [6.45, 7) is 3.95. The van der Waals surface area contributed by atoms with Gasteiger partial charge in [0.25, 0.3) is 0 Å². The molecule has 3 nitrogen and oxygen atoms in total.